The third-order valence-corrected chi connectivity index (χ3v) is 4.16. The summed E-state index contributed by atoms with van der Waals surface area (Å²) in [6.45, 7) is 2.51. The number of carbonyl (C=O) groups excluding carboxylic acids is 2. The number of amides is 2. The molecule has 1 N–H and O–H groups in total. The summed E-state index contributed by atoms with van der Waals surface area (Å²) in [5.41, 5.74) is 2.67. The van der Waals surface area contributed by atoms with Crippen molar-refractivity contribution in [1.82, 2.24) is 5.32 Å². The third kappa shape index (κ3) is 3.51. The summed E-state index contributed by atoms with van der Waals surface area (Å²) in [7, 11) is 0. The number of hydrogen-bond donors (Lipinski definition) is 1. The fourth-order valence-corrected chi connectivity index (χ4v) is 2.80. The van der Waals surface area contributed by atoms with Gasteiger partial charge in [-0.05, 0) is 49.7 Å². The lowest BCUT2D eigenvalue weighted by Crippen LogP contribution is -2.39. The molecule has 0 saturated carbocycles. The standard InChI is InChI=1S/C19H19FN2O2/c1-13-2-8-16(9-3-13)22-18(23)12-17(19(22)24)21-11-10-14-4-6-15(20)7-5-14/h2-9,17,21H,10-12H2,1H3/t17-/m1/s1. The van der Waals surface area contributed by atoms with Crippen molar-refractivity contribution < 1.29 is 14.0 Å². The fourth-order valence-electron chi connectivity index (χ4n) is 2.80. The quantitative estimate of drug-likeness (QED) is 0.859. The van der Waals surface area contributed by atoms with Crippen LogP contribution in [0.3, 0.4) is 0 Å². The van der Waals surface area contributed by atoms with Crippen LogP contribution < -0.4 is 10.2 Å². The number of benzene rings is 2. The van der Waals surface area contributed by atoms with E-state index in [4.69, 9.17) is 0 Å². The minimum absolute atomic E-state index is 0.163. The number of hydrogen-bond acceptors (Lipinski definition) is 3. The predicted octanol–water partition coefficient (Wildman–Crippen LogP) is 2.60. The van der Waals surface area contributed by atoms with E-state index in [1.54, 1.807) is 24.3 Å². The zero-order chi connectivity index (χ0) is 17.1. The summed E-state index contributed by atoms with van der Waals surface area (Å²) >= 11 is 0. The molecular weight excluding hydrogens is 307 g/mol. The highest BCUT2D eigenvalue weighted by Gasteiger charge is 2.38. The lowest BCUT2D eigenvalue weighted by atomic mass is 10.1. The van der Waals surface area contributed by atoms with Gasteiger partial charge in [0.15, 0.2) is 0 Å². The lowest BCUT2D eigenvalue weighted by molar-refractivity contribution is -0.121. The molecule has 1 atom stereocenters. The van der Waals surface area contributed by atoms with E-state index in [9.17, 15) is 14.0 Å². The summed E-state index contributed by atoms with van der Waals surface area (Å²) in [4.78, 5) is 25.9. The largest absolute Gasteiger partial charge is 0.305 e. The molecule has 5 heteroatoms. The van der Waals surface area contributed by atoms with E-state index in [-0.39, 0.29) is 24.1 Å². The first-order valence-electron chi connectivity index (χ1n) is 7.96. The molecule has 0 aromatic heterocycles. The van der Waals surface area contributed by atoms with Gasteiger partial charge in [-0.1, -0.05) is 29.8 Å². The van der Waals surface area contributed by atoms with Crippen LogP contribution in [0.25, 0.3) is 0 Å². The van der Waals surface area contributed by atoms with Crippen molar-refractivity contribution in [3.05, 3.63) is 65.5 Å². The Balaban J connectivity index is 1.59. The van der Waals surface area contributed by atoms with Crippen LogP contribution in [-0.4, -0.2) is 24.4 Å². The molecule has 0 spiro atoms. The normalized spacial score (nSPS) is 17.6. The van der Waals surface area contributed by atoms with E-state index in [1.807, 2.05) is 19.1 Å². The predicted molar refractivity (Wildman–Crippen MR) is 90.2 cm³/mol. The Hall–Kier alpha value is -2.53. The minimum atomic E-state index is -0.501. The van der Waals surface area contributed by atoms with Crippen LogP contribution in [0.2, 0.25) is 0 Å². The van der Waals surface area contributed by atoms with Crippen molar-refractivity contribution in [2.75, 3.05) is 11.4 Å². The highest BCUT2D eigenvalue weighted by Crippen LogP contribution is 2.23. The molecule has 0 aliphatic carbocycles. The van der Waals surface area contributed by atoms with Gasteiger partial charge in [0, 0.05) is 0 Å². The Kier molecular flexibility index (Phi) is 4.71. The van der Waals surface area contributed by atoms with Crippen LogP contribution in [0, 0.1) is 12.7 Å². The minimum Gasteiger partial charge on any atom is -0.305 e. The molecule has 1 saturated heterocycles. The van der Waals surface area contributed by atoms with Gasteiger partial charge in [-0.25, -0.2) is 9.29 Å². The van der Waals surface area contributed by atoms with Gasteiger partial charge < -0.3 is 5.32 Å². The van der Waals surface area contributed by atoms with Crippen LogP contribution >= 0.6 is 0 Å². The maximum absolute atomic E-state index is 12.9. The molecule has 1 aliphatic rings. The second kappa shape index (κ2) is 6.93. The van der Waals surface area contributed by atoms with Crippen molar-refractivity contribution >= 4 is 17.5 Å². The Bertz CT molecular complexity index is 741. The molecular formula is C19H19FN2O2. The molecule has 2 amide bonds. The second-order valence-electron chi connectivity index (χ2n) is 5.99. The molecule has 2 aromatic rings. The maximum atomic E-state index is 12.9. The van der Waals surface area contributed by atoms with Crippen LogP contribution in [0.15, 0.2) is 48.5 Å². The smallest absolute Gasteiger partial charge is 0.251 e. The van der Waals surface area contributed by atoms with Crippen LogP contribution in [-0.2, 0) is 16.0 Å². The Morgan fingerprint density at radius 3 is 2.42 bits per heavy atom. The van der Waals surface area contributed by atoms with Crippen molar-refractivity contribution in [3.63, 3.8) is 0 Å². The number of rotatable bonds is 5. The molecule has 0 unspecified atom stereocenters. The van der Waals surface area contributed by atoms with E-state index < -0.39 is 6.04 Å². The summed E-state index contributed by atoms with van der Waals surface area (Å²) in [6, 6.07) is 13.1. The average Bonchev–Trinajstić information content (AvgIpc) is 2.85. The van der Waals surface area contributed by atoms with Gasteiger partial charge in [0.1, 0.15) is 5.82 Å². The van der Waals surface area contributed by atoms with E-state index in [0.29, 0.717) is 18.7 Å². The van der Waals surface area contributed by atoms with E-state index in [1.165, 1.54) is 17.0 Å². The topological polar surface area (TPSA) is 49.4 Å². The third-order valence-electron chi connectivity index (χ3n) is 4.16. The molecule has 1 aliphatic heterocycles. The van der Waals surface area contributed by atoms with Crippen molar-refractivity contribution in [2.24, 2.45) is 0 Å². The van der Waals surface area contributed by atoms with E-state index in [2.05, 4.69) is 5.32 Å². The number of carbonyl (C=O) groups is 2. The van der Waals surface area contributed by atoms with Gasteiger partial charge in [-0.3, -0.25) is 9.59 Å². The van der Waals surface area contributed by atoms with Crippen molar-refractivity contribution in [2.45, 2.75) is 25.8 Å². The monoisotopic (exact) mass is 326 g/mol. The number of halogens is 1. The van der Waals surface area contributed by atoms with Gasteiger partial charge >= 0.3 is 0 Å². The van der Waals surface area contributed by atoms with Gasteiger partial charge in [0.2, 0.25) is 5.91 Å². The number of imide groups is 1. The van der Waals surface area contributed by atoms with Crippen LogP contribution in [0.1, 0.15) is 17.5 Å². The van der Waals surface area contributed by atoms with Gasteiger partial charge in [-0.2, -0.15) is 0 Å². The highest BCUT2D eigenvalue weighted by atomic mass is 19.1. The van der Waals surface area contributed by atoms with Gasteiger partial charge in [0.05, 0.1) is 18.2 Å². The zero-order valence-electron chi connectivity index (χ0n) is 13.5. The van der Waals surface area contributed by atoms with Gasteiger partial charge in [0.25, 0.3) is 5.91 Å². The van der Waals surface area contributed by atoms with Crippen molar-refractivity contribution in [1.29, 1.82) is 0 Å². The Morgan fingerprint density at radius 2 is 1.75 bits per heavy atom. The molecule has 3 rings (SSSR count). The maximum Gasteiger partial charge on any atom is 0.251 e. The number of anilines is 1. The van der Waals surface area contributed by atoms with E-state index in [0.717, 1.165) is 11.1 Å². The molecule has 1 heterocycles. The first kappa shape index (κ1) is 16.3. The number of nitrogens with one attached hydrogen (secondary N) is 1. The van der Waals surface area contributed by atoms with Crippen LogP contribution in [0.4, 0.5) is 10.1 Å². The summed E-state index contributed by atoms with van der Waals surface area (Å²) in [5.74, 6) is -0.678. The molecule has 1 fully saturated rings. The lowest BCUT2D eigenvalue weighted by Gasteiger charge is -2.15. The first-order chi connectivity index (χ1) is 11.5. The molecule has 124 valence electrons. The molecule has 0 radical (unpaired) electrons. The second-order valence-corrected chi connectivity index (χ2v) is 5.99. The average molecular weight is 326 g/mol. The fraction of sp³-hybridized carbons (Fsp3) is 0.263. The van der Waals surface area contributed by atoms with Crippen LogP contribution in [0.5, 0.6) is 0 Å². The molecule has 4 nitrogen and oxygen atoms in total. The summed E-state index contributed by atoms with van der Waals surface area (Å²) < 4.78 is 12.9. The summed E-state index contributed by atoms with van der Waals surface area (Å²) in [6.07, 6.45) is 0.832. The van der Waals surface area contributed by atoms with Crippen molar-refractivity contribution in [3.8, 4) is 0 Å². The first-order valence-corrected chi connectivity index (χ1v) is 7.96. The van der Waals surface area contributed by atoms with E-state index >= 15 is 0 Å². The highest BCUT2D eigenvalue weighted by molar-refractivity contribution is 6.22. The molecule has 24 heavy (non-hydrogen) atoms. The summed E-state index contributed by atoms with van der Waals surface area (Å²) in [5, 5.41) is 3.13. The van der Waals surface area contributed by atoms with Gasteiger partial charge in [-0.15, -0.1) is 0 Å². The SMILES string of the molecule is Cc1ccc(N2C(=O)C[C@@H](NCCc3ccc(F)cc3)C2=O)cc1. The number of nitrogens with zero attached hydrogens (tertiary/aromatic N) is 1. The Labute approximate surface area is 140 Å². The Morgan fingerprint density at radius 1 is 1.08 bits per heavy atom. The number of aryl methyl sites for hydroxylation is 1. The zero-order valence-corrected chi connectivity index (χ0v) is 13.5. The molecule has 0 bridgehead atoms. The molecule has 2 aromatic carbocycles.